The van der Waals surface area contributed by atoms with E-state index in [2.05, 4.69) is 11.4 Å². The van der Waals surface area contributed by atoms with E-state index in [1.165, 1.54) is 4.90 Å². The molecule has 1 aromatic rings. The first-order valence-electron chi connectivity index (χ1n) is 13.1. The summed E-state index contributed by atoms with van der Waals surface area (Å²) in [6.45, 7) is 9.30. The maximum absolute atomic E-state index is 13.4. The molecule has 3 atom stereocenters. The molecule has 11 heteroatoms. The number of nitrogens with zero attached hydrogens (tertiary/aromatic N) is 2. The molecule has 38 heavy (non-hydrogen) atoms. The number of carbonyl (C=O) groups excluding carboxylic acids is 3. The van der Waals surface area contributed by atoms with Crippen molar-refractivity contribution in [3.8, 4) is 0 Å². The standard InChI is InChI=1S/C27H38N4O7/c1-15(2)21(29-24(35)38-26(3,4)5)22(32)31-14-19(11-20(31)23(33)34)37-25(36)30-12-16-6-7-18(10-17(16)13-30)27(28)8-9-27/h6-7,10,15,19-21H,8-9,11-14,28H2,1-5H3,(H,29,35)(H,33,34)/t19-,20+,21+/m1/s1. The van der Waals surface area contributed by atoms with Crippen LogP contribution in [0.2, 0.25) is 0 Å². The van der Waals surface area contributed by atoms with Gasteiger partial charge in [-0.15, -0.1) is 0 Å². The molecule has 0 spiro atoms. The molecule has 0 unspecified atom stereocenters. The molecular formula is C27H38N4O7. The first-order valence-corrected chi connectivity index (χ1v) is 13.1. The normalized spacial score (nSPS) is 22.6. The number of amides is 3. The molecule has 0 bridgehead atoms. The number of ether oxygens (including phenoxy) is 2. The molecule has 0 radical (unpaired) electrons. The zero-order valence-corrected chi connectivity index (χ0v) is 22.7. The van der Waals surface area contributed by atoms with Gasteiger partial charge in [0, 0.05) is 25.0 Å². The van der Waals surface area contributed by atoms with Crippen LogP contribution in [0.25, 0.3) is 0 Å². The Morgan fingerprint density at radius 2 is 1.79 bits per heavy atom. The van der Waals surface area contributed by atoms with Crippen molar-refractivity contribution >= 4 is 24.1 Å². The fourth-order valence-corrected chi connectivity index (χ4v) is 4.96. The number of rotatable bonds is 6. The number of carboxylic acid groups (broad SMARTS) is 1. The van der Waals surface area contributed by atoms with Crippen molar-refractivity contribution in [2.45, 2.75) is 96.3 Å². The van der Waals surface area contributed by atoms with E-state index in [0.717, 1.165) is 29.5 Å². The van der Waals surface area contributed by atoms with Gasteiger partial charge < -0.3 is 30.5 Å². The fourth-order valence-electron chi connectivity index (χ4n) is 4.96. The van der Waals surface area contributed by atoms with Crippen LogP contribution in [0.1, 0.15) is 70.6 Å². The largest absolute Gasteiger partial charge is 0.480 e. The van der Waals surface area contributed by atoms with Crippen LogP contribution < -0.4 is 11.1 Å². The van der Waals surface area contributed by atoms with E-state index in [9.17, 15) is 24.3 Å². The van der Waals surface area contributed by atoms with Gasteiger partial charge in [-0.2, -0.15) is 0 Å². The molecule has 3 aliphatic rings. The van der Waals surface area contributed by atoms with E-state index >= 15 is 0 Å². The quantitative estimate of drug-likeness (QED) is 0.508. The van der Waals surface area contributed by atoms with Crippen LogP contribution in [0.5, 0.6) is 0 Å². The lowest BCUT2D eigenvalue weighted by Crippen LogP contribution is -2.54. The minimum absolute atomic E-state index is 0.0370. The van der Waals surface area contributed by atoms with Gasteiger partial charge in [-0.3, -0.25) is 9.69 Å². The SMILES string of the molecule is CC(C)[C@H](NC(=O)OC(C)(C)C)C(=O)N1C[C@H](OC(=O)N2Cc3ccc(C4(N)CC4)cc3C2)C[C@H]1C(=O)O. The van der Waals surface area contributed by atoms with Gasteiger partial charge in [0.25, 0.3) is 0 Å². The highest BCUT2D eigenvalue weighted by Crippen LogP contribution is 2.43. The predicted octanol–water partition coefficient (Wildman–Crippen LogP) is 2.69. The number of fused-ring (bicyclic) bond motifs is 1. The average Bonchev–Trinajstić information content (AvgIpc) is 3.23. The fraction of sp³-hybridized carbons (Fsp3) is 0.630. The van der Waals surface area contributed by atoms with Crippen molar-refractivity contribution in [3.05, 3.63) is 34.9 Å². The molecule has 1 aliphatic carbocycles. The van der Waals surface area contributed by atoms with Gasteiger partial charge >= 0.3 is 18.2 Å². The molecule has 11 nitrogen and oxygen atoms in total. The molecule has 208 valence electrons. The number of carbonyl (C=O) groups is 4. The molecule has 1 saturated carbocycles. The topological polar surface area (TPSA) is 151 Å². The maximum atomic E-state index is 13.4. The number of likely N-dealkylation sites (tertiary alicyclic amines) is 1. The van der Waals surface area contributed by atoms with Gasteiger partial charge in [0.2, 0.25) is 5.91 Å². The smallest absolute Gasteiger partial charge is 0.410 e. The summed E-state index contributed by atoms with van der Waals surface area (Å²) in [4.78, 5) is 53.5. The predicted molar refractivity (Wildman–Crippen MR) is 137 cm³/mol. The van der Waals surface area contributed by atoms with Crippen molar-refractivity contribution in [1.29, 1.82) is 0 Å². The van der Waals surface area contributed by atoms with Gasteiger partial charge in [0.15, 0.2) is 0 Å². The number of nitrogens with two attached hydrogens (primary N) is 1. The zero-order valence-electron chi connectivity index (χ0n) is 22.7. The Balaban J connectivity index is 1.39. The summed E-state index contributed by atoms with van der Waals surface area (Å²) in [5, 5.41) is 12.4. The first-order chi connectivity index (χ1) is 17.7. The van der Waals surface area contributed by atoms with Gasteiger partial charge in [0.05, 0.1) is 6.54 Å². The van der Waals surface area contributed by atoms with Crippen molar-refractivity contribution in [2.75, 3.05) is 6.54 Å². The van der Waals surface area contributed by atoms with Gasteiger partial charge in [0.1, 0.15) is 23.8 Å². The third-order valence-corrected chi connectivity index (χ3v) is 7.25. The zero-order chi connectivity index (χ0) is 28.0. The highest BCUT2D eigenvalue weighted by atomic mass is 16.6. The minimum Gasteiger partial charge on any atom is -0.480 e. The Morgan fingerprint density at radius 3 is 2.37 bits per heavy atom. The number of carboxylic acids is 1. The van der Waals surface area contributed by atoms with Crippen LogP contribution in [0.3, 0.4) is 0 Å². The lowest BCUT2D eigenvalue weighted by molar-refractivity contribution is -0.149. The van der Waals surface area contributed by atoms with Gasteiger partial charge in [-0.1, -0.05) is 32.0 Å². The first kappa shape index (κ1) is 27.7. The van der Waals surface area contributed by atoms with E-state index in [0.29, 0.717) is 13.1 Å². The minimum atomic E-state index is -1.20. The molecule has 4 N–H and O–H groups in total. The van der Waals surface area contributed by atoms with Crippen molar-refractivity contribution in [3.63, 3.8) is 0 Å². The monoisotopic (exact) mass is 530 g/mol. The number of aliphatic carboxylic acids is 1. The summed E-state index contributed by atoms with van der Waals surface area (Å²) in [7, 11) is 0. The van der Waals surface area contributed by atoms with E-state index in [-0.39, 0.29) is 24.4 Å². The number of benzene rings is 1. The summed E-state index contributed by atoms with van der Waals surface area (Å²) < 4.78 is 11.0. The molecule has 2 aliphatic heterocycles. The van der Waals surface area contributed by atoms with E-state index in [1.54, 1.807) is 39.5 Å². The van der Waals surface area contributed by atoms with Crippen LogP contribution in [0.4, 0.5) is 9.59 Å². The molecule has 4 rings (SSSR count). The van der Waals surface area contributed by atoms with Crippen LogP contribution in [0, 0.1) is 5.92 Å². The molecule has 1 saturated heterocycles. The second-order valence-electron chi connectivity index (χ2n) is 11.9. The Labute approximate surface area is 222 Å². The number of alkyl carbamates (subject to hydrolysis) is 1. The van der Waals surface area contributed by atoms with Crippen molar-refractivity contribution < 1.29 is 33.8 Å². The summed E-state index contributed by atoms with van der Waals surface area (Å²) in [5.74, 6) is -2.09. The maximum Gasteiger partial charge on any atom is 0.410 e. The Kier molecular flexibility index (Phi) is 7.35. The molecule has 0 aromatic heterocycles. The third kappa shape index (κ3) is 6.03. The summed E-state index contributed by atoms with van der Waals surface area (Å²) in [6, 6.07) is 3.87. The number of nitrogens with one attached hydrogen (secondary N) is 1. The second kappa shape index (κ2) is 10.1. The van der Waals surface area contributed by atoms with Crippen LogP contribution >= 0.6 is 0 Å². The van der Waals surface area contributed by atoms with Gasteiger partial charge in [-0.25, -0.2) is 14.4 Å². The van der Waals surface area contributed by atoms with Crippen LogP contribution in [-0.2, 0) is 37.7 Å². The van der Waals surface area contributed by atoms with Crippen molar-refractivity contribution in [2.24, 2.45) is 11.7 Å². The number of hydrogen-bond donors (Lipinski definition) is 3. The average molecular weight is 531 g/mol. The van der Waals surface area contributed by atoms with Gasteiger partial charge in [-0.05, 0) is 56.2 Å². The molecule has 1 aromatic carbocycles. The van der Waals surface area contributed by atoms with Crippen molar-refractivity contribution in [1.82, 2.24) is 15.1 Å². The molecule has 2 fully saturated rings. The lowest BCUT2D eigenvalue weighted by atomic mass is 10.0. The molecule has 2 heterocycles. The summed E-state index contributed by atoms with van der Waals surface area (Å²) in [5.41, 5.74) is 8.41. The molecule has 3 amide bonds. The van der Waals surface area contributed by atoms with E-state index in [1.807, 2.05) is 12.1 Å². The Morgan fingerprint density at radius 1 is 1.13 bits per heavy atom. The van der Waals surface area contributed by atoms with Crippen LogP contribution in [-0.4, -0.2) is 69.3 Å². The number of hydrogen-bond acceptors (Lipinski definition) is 7. The Bertz CT molecular complexity index is 1120. The van der Waals surface area contributed by atoms with Crippen LogP contribution in [0.15, 0.2) is 18.2 Å². The third-order valence-electron chi connectivity index (χ3n) is 7.25. The summed E-state index contributed by atoms with van der Waals surface area (Å²) >= 11 is 0. The Hall–Kier alpha value is -3.34. The lowest BCUT2D eigenvalue weighted by Gasteiger charge is -2.30. The summed E-state index contributed by atoms with van der Waals surface area (Å²) in [6.07, 6.45) is -0.260. The van der Waals surface area contributed by atoms with E-state index < -0.39 is 47.9 Å². The highest BCUT2D eigenvalue weighted by Gasteiger charge is 2.45. The van der Waals surface area contributed by atoms with E-state index in [4.69, 9.17) is 15.2 Å². The highest BCUT2D eigenvalue weighted by molar-refractivity contribution is 5.90. The molecular weight excluding hydrogens is 492 g/mol. The second-order valence-corrected chi connectivity index (χ2v) is 11.9.